The summed E-state index contributed by atoms with van der Waals surface area (Å²) in [5.41, 5.74) is 2.18. The monoisotopic (exact) mass is 231 g/mol. The maximum absolute atomic E-state index is 5.19. The predicted octanol–water partition coefficient (Wildman–Crippen LogP) is 2.36. The van der Waals surface area contributed by atoms with Crippen molar-refractivity contribution in [3.8, 4) is 17.1 Å². The van der Waals surface area contributed by atoms with Crippen LogP contribution in [0.25, 0.3) is 11.4 Å². The van der Waals surface area contributed by atoms with Crippen LogP contribution in [-0.4, -0.2) is 21.9 Å². The highest BCUT2D eigenvalue weighted by Gasteiger charge is 2.10. The summed E-state index contributed by atoms with van der Waals surface area (Å²) < 4.78 is 7.02. The van der Waals surface area contributed by atoms with Crippen molar-refractivity contribution in [1.82, 2.24) is 14.8 Å². The summed E-state index contributed by atoms with van der Waals surface area (Å²) >= 11 is 0. The topological polar surface area (TPSA) is 39.9 Å². The molecule has 0 aliphatic carbocycles. The van der Waals surface area contributed by atoms with Crippen molar-refractivity contribution in [2.45, 2.75) is 20.3 Å². The van der Waals surface area contributed by atoms with Crippen LogP contribution in [0, 0.1) is 6.92 Å². The summed E-state index contributed by atoms with van der Waals surface area (Å²) in [6.45, 7) is 4.12. The molecule has 0 radical (unpaired) electrons. The highest BCUT2D eigenvalue weighted by Crippen LogP contribution is 2.24. The number of aryl methyl sites for hydroxylation is 3. The van der Waals surface area contributed by atoms with Gasteiger partial charge in [-0.2, -0.15) is 5.10 Å². The lowest BCUT2D eigenvalue weighted by molar-refractivity contribution is 0.414. The van der Waals surface area contributed by atoms with E-state index in [2.05, 4.69) is 17.0 Å². The molecule has 4 nitrogen and oxygen atoms in total. The molecular formula is C13H17N3O. The average Bonchev–Trinajstić information content (AvgIpc) is 2.70. The Kier molecular flexibility index (Phi) is 3.13. The maximum Gasteiger partial charge on any atom is 0.181 e. The van der Waals surface area contributed by atoms with Crippen LogP contribution >= 0.6 is 0 Å². The Morgan fingerprint density at radius 3 is 2.65 bits per heavy atom. The molecule has 0 spiro atoms. The Balaban J connectivity index is 2.45. The fourth-order valence-corrected chi connectivity index (χ4v) is 1.85. The molecular weight excluding hydrogens is 214 g/mol. The van der Waals surface area contributed by atoms with E-state index in [9.17, 15) is 0 Å². The Labute approximate surface area is 101 Å². The largest absolute Gasteiger partial charge is 0.497 e. The molecule has 1 aromatic carbocycles. The van der Waals surface area contributed by atoms with Crippen molar-refractivity contribution in [3.05, 3.63) is 29.6 Å². The molecule has 0 aliphatic heterocycles. The molecule has 2 rings (SSSR count). The lowest BCUT2D eigenvalue weighted by Gasteiger charge is -2.04. The Bertz CT molecular complexity index is 531. The van der Waals surface area contributed by atoms with Crippen molar-refractivity contribution < 1.29 is 4.74 Å². The fraction of sp³-hybridized carbons (Fsp3) is 0.385. The number of aromatic nitrogens is 3. The van der Waals surface area contributed by atoms with Crippen LogP contribution in [0.5, 0.6) is 5.75 Å². The Morgan fingerprint density at radius 1 is 1.35 bits per heavy atom. The van der Waals surface area contributed by atoms with Crippen LogP contribution < -0.4 is 4.74 Å². The smallest absolute Gasteiger partial charge is 0.181 e. The van der Waals surface area contributed by atoms with Crippen LogP contribution in [0.2, 0.25) is 0 Å². The molecule has 4 heteroatoms. The normalized spacial score (nSPS) is 10.6. The van der Waals surface area contributed by atoms with Crippen LogP contribution in [0.3, 0.4) is 0 Å². The molecule has 0 saturated heterocycles. The third-order valence-electron chi connectivity index (χ3n) is 2.84. The van der Waals surface area contributed by atoms with E-state index in [1.54, 1.807) is 7.11 Å². The van der Waals surface area contributed by atoms with Gasteiger partial charge in [-0.3, -0.25) is 4.68 Å². The van der Waals surface area contributed by atoms with Gasteiger partial charge in [-0.05, 0) is 30.7 Å². The molecule has 0 aliphatic rings. The number of nitrogens with zero attached hydrogens (tertiary/aromatic N) is 3. The lowest BCUT2D eigenvalue weighted by atomic mass is 10.1. The molecule has 17 heavy (non-hydrogen) atoms. The molecule has 0 saturated carbocycles. The van der Waals surface area contributed by atoms with Gasteiger partial charge in [-0.15, -0.1) is 0 Å². The number of hydrogen-bond donors (Lipinski definition) is 0. The Hall–Kier alpha value is -1.84. The average molecular weight is 231 g/mol. The molecule has 0 bridgehead atoms. The minimum atomic E-state index is 0.782. The van der Waals surface area contributed by atoms with Crippen LogP contribution in [0.15, 0.2) is 18.2 Å². The van der Waals surface area contributed by atoms with Crippen molar-refractivity contribution in [2.24, 2.45) is 7.05 Å². The van der Waals surface area contributed by atoms with E-state index >= 15 is 0 Å². The van der Waals surface area contributed by atoms with Gasteiger partial charge in [0.25, 0.3) is 0 Å². The molecule has 0 fully saturated rings. The second kappa shape index (κ2) is 4.57. The first-order chi connectivity index (χ1) is 8.15. The van der Waals surface area contributed by atoms with Crippen molar-refractivity contribution in [1.29, 1.82) is 0 Å². The van der Waals surface area contributed by atoms with Crippen LogP contribution in [0.1, 0.15) is 18.3 Å². The lowest BCUT2D eigenvalue weighted by Crippen LogP contribution is -1.96. The second-order valence-corrected chi connectivity index (χ2v) is 4.01. The van der Waals surface area contributed by atoms with Gasteiger partial charge in [0.15, 0.2) is 5.82 Å². The van der Waals surface area contributed by atoms with Gasteiger partial charge >= 0.3 is 0 Å². The van der Waals surface area contributed by atoms with Gasteiger partial charge in [-0.1, -0.05) is 6.92 Å². The molecule has 0 N–H and O–H groups in total. The molecule has 90 valence electrons. The molecule has 1 heterocycles. The number of benzene rings is 1. The van der Waals surface area contributed by atoms with Crippen LogP contribution in [0.4, 0.5) is 0 Å². The SMILES string of the molecule is CCc1nc(-c2ccc(OC)cc2C)nn1C. The molecule has 2 aromatic rings. The highest BCUT2D eigenvalue weighted by atomic mass is 16.5. The van der Waals surface area contributed by atoms with Gasteiger partial charge in [0.05, 0.1) is 7.11 Å². The first kappa shape index (κ1) is 11.6. The predicted molar refractivity (Wildman–Crippen MR) is 67.1 cm³/mol. The Morgan fingerprint density at radius 2 is 2.12 bits per heavy atom. The molecule has 0 unspecified atom stereocenters. The standard InChI is InChI=1S/C13H17N3O/c1-5-12-14-13(15-16(12)3)11-7-6-10(17-4)8-9(11)2/h6-8H,5H2,1-4H3. The summed E-state index contributed by atoms with van der Waals surface area (Å²) in [7, 11) is 3.59. The zero-order chi connectivity index (χ0) is 12.4. The third kappa shape index (κ3) is 2.16. The highest BCUT2D eigenvalue weighted by molar-refractivity contribution is 5.61. The first-order valence-corrected chi connectivity index (χ1v) is 5.70. The fourth-order valence-electron chi connectivity index (χ4n) is 1.85. The molecule has 1 aromatic heterocycles. The van der Waals surface area contributed by atoms with Crippen molar-refractivity contribution in [3.63, 3.8) is 0 Å². The zero-order valence-electron chi connectivity index (χ0n) is 10.7. The van der Waals surface area contributed by atoms with Gasteiger partial charge < -0.3 is 4.74 Å². The van der Waals surface area contributed by atoms with Crippen molar-refractivity contribution >= 4 is 0 Å². The van der Waals surface area contributed by atoms with Gasteiger partial charge in [0.1, 0.15) is 11.6 Å². The molecule has 0 amide bonds. The minimum absolute atomic E-state index is 0.782. The van der Waals surface area contributed by atoms with E-state index in [4.69, 9.17) is 4.74 Å². The summed E-state index contributed by atoms with van der Waals surface area (Å²) in [6, 6.07) is 5.94. The number of ether oxygens (including phenoxy) is 1. The van der Waals surface area contributed by atoms with E-state index in [1.807, 2.05) is 36.9 Å². The quantitative estimate of drug-likeness (QED) is 0.814. The summed E-state index contributed by atoms with van der Waals surface area (Å²) in [4.78, 5) is 4.53. The number of methoxy groups -OCH3 is 1. The zero-order valence-corrected chi connectivity index (χ0v) is 10.7. The van der Waals surface area contributed by atoms with E-state index in [0.717, 1.165) is 34.9 Å². The third-order valence-corrected chi connectivity index (χ3v) is 2.84. The van der Waals surface area contributed by atoms with E-state index in [-0.39, 0.29) is 0 Å². The van der Waals surface area contributed by atoms with Crippen LogP contribution in [-0.2, 0) is 13.5 Å². The van der Waals surface area contributed by atoms with E-state index in [0.29, 0.717) is 0 Å². The van der Waals surface area contributed by atoms with Crippen molar-refractivity contribution in [2.75, 3.05) is 7.11 Å². The van der Waals surface area contributed by atoms with Gasteiger partial charge in [0.2, 0.25) is 0 Å². The maximum atomic E-state index is 5.19. The van der Waals surface area contributed by atoms with E-state index < -0.39 is 0 Å². The molecule has 0 atom stereocenters. The first-order valence-electron chi connectivity index (χ1n) is 5.70. The summed E-state index contributed by atoms with van der Waals surface area (Å²) in [5.74, 6) is 2.64. The summed E-state index contributed by atoms with van der Waals surface area (Å²) in [5, 5.41) is 4.43. The van der Waals surface area contributed by atoms with E-state index in [1.165, 1.54) is 0 Å². The minimum Gasteiger partial charge on any atom is -0.497 e. The van der Waals surface area contributed by atoms with Gasteiger partial charge in [0, 0.05) is 19.0 Å². The second-order valence-electron chi connectivity index (χ2n) is 4.01. The summed E-state index contributed by atoms with van der Waals surface area (Å²) in [6.07, 6.45) is 0.888. The number of hydrogen-bond acceptors (Lipinski definition) is 3. The number of rotatable bonds is 3. The van der Waals surface area contributed by atoms with Gasteiger partial charge in [-0.25, -0.2) is 4.98 Å².